The number of hydrogen-bond donors (Lipinski definition) is 1. The molecule has 0 amide bonds. The van der Waals surface area contributed by atoms with E-state index in [4.69, 9.17) is 0 Å². The van der Waals surface area contributed by atoms with Crippen molar-refractivity contribution >= 4 is 11.0 Å². The first kappa shape index (κ1) is 11.8. The first-order valence-corrected chi connectivity index (χ1v) is 5.74. The van der Waals surface area contributed by atoms with Crippen molar-refractivity contribution in [2.24, 2.45) is 0 Å². The van der Waals surface area contributed by atoms with Gasteiger partial charge in [0.05, 0.1) is 11.1 Å². The number of fused-ring (bicyclic) bond motifs is 1. The molecule has 2 rings (SSSR count). The highest BCUT2D eigenvalue weighted by molar-refractivity contribution is 5.75. The number of aromatic amines is 1. The standard InChI is InChI=1S/C13H15FN2O/c1-4-9-11(14)12-10(16-13(9)17)5-8(6-15-12)7(2)3/h5-7H,4H2,1-3H3,(H,16,17). The minimum atomic E-state index is -0.499. The molecule has 2 aromatic heterocycles. The topological polar surface area (TPSA) is 45.8 Å². The van der Waals surface area contributed by atoms with E-state index in [1.54, 1.807) is 19.2 Å². The molecule has 1 N–H and O–H groups in total. The predicted molar refractivity (Wildman–Crippen MR) is 65.8 cm³/mol. The third-order valence-electron chi connectivity index (χ3n) is 2.92. The molecule has 3 nitrogen and oxygen atoms in total. The van der Waals surface area contributed by atoms with E-state index in [-0.39, 0.29) is 16.6 Å². The van der Waals surface area contributed by atoms with Crippen LogP contribution in [-0.2, 0) is 6.42 Å². The lowest BCUT2D eigenvalue weighted by Crippen LogP contribution is -2.15. The zero-order valence-electron chi connectivity index (χ0n) is 10.2. The summed E-state index contributed by atoms with van der Waals surface area (Å²) in [6.07, 6.45) is 2.03. The molecule has 0 aliphatic rings. The molecule has 2 aromatic rings. The minimum absolute atomic E-state index is 0.169. The fraction of sp³-hybridized carbons (Fsp3) is 0.385. The van der Waals surface area contributed by atoms with Gasteiger partial charge in [-0.2, -0.15) is 0 Å². The van der Waals surface area contributed by atoms with E-state index >= 15 is 0 Å². The van der Waals surface area contributed by atoms with Crippen LogP contribution < -0.4 is 5.56 Å². The van der Waals surface area contributed by atoms with Gasteiger partial charge in [0, 0.05) is 6.20 Å². The van der Waals surface area contributed by atoms with Crippen molar-refractivity contribution in [1.82, 2.24) is 9.97 Å². The Labute approximate surface area is 98.7 Å². The molecule has 90 valence electrons. The van der Waals surface area contributed by atoms with Crippen LogP contribution in [0, 0.1) is 5.82 Å². The molecule has 0 spiro atoms. The summed E-state index contributed by atoms with van der Waals surface area (Å²) in [6.45, 7) is 5.80. The van der Waals surface area contributed by atoms with Crippen molar-refractivity contribution in [2.45, 2.75) is 33.1 Å². The zero-order chi connectivity index (χ0) is 12.6. The van der Waals surface area contributed by atoms with Gasteiger partial charge in [0.2, 0.25) is 0 Å². The molecular formula is C13H15FN2O. The number of rotatable bonds is 2. The average molecular weight is 234 g/mol. The zero-order valence-corrected chi connectivity index (χ0v) is 10.2. The maximum atomic E-state index is 14.0. The molecule has 0 aliphatic carbocycles. The highest BCUT2D eigenvalue weighted by Crippen LogP contribution is 2.19. The van der Waals surface area contributed by atoms with E-state index in [2.05, 4.69) is 9.97 Å². The number of H-pyrrole nitrogens is 1. The lowest BCUT2D eigenvalue weighted by molar-refractivity contribution is 0.616. The summed E-state index contributed by atoms with van der Waals surface area (Å²) in [7, 11) is 0. The summed E-state index contributed by atoms with van der Waals surface area (Å²) >= 11 is 0. The van der Waals surface area contributed by atoms with Gasteiger partial charge in [-0.15, -0.1) is 0 Å². The Morgan fingerprint density at radius 3 is 2.76 bits per heavy atom. The summed E-state index contributed by atoms with van der Waals surface area (Å²) in [6, 6.07) is 1.79. The summed E-state index contributed by atoms with van der Waals surface area (Å²) < 4.78 is 14.0. The second-order valence-corrected chi connectivity index (χ2v) is 4.42. The summed E-state index contributed by atoms with van der Waals surface area (Å²) in [5, 5.41) is 0. The van der Waals surface area contributed by atoms with Gasteiger partial charge in [0.25, 0.3) is 5.56 Å². The Bertz CT molecular complexity index is 617. The molecule has 0 bridgehead atoms. The molecule has 0 saturated heterocycles. The van der Waals surface area contributed by atoms with Gasteiger partial charge in [-0.25, -0.2) is 4.39 Å². The maximum Gasteiger partial charge on any atom is 0.254 e. The summed E-state index contributed by atoms with van der Waals surface area (Å²) in [5.74, 6) is -0.203. The van der Waals surface area contributed by atoms with Crippen LogP contribution in [0.3, 0.4) is 0 Å². The number of nitrogens with zero attached hydrogens (tertiary/aromatic N) is 1. The van der Waals surface area contributed by atoms with E-state index in [0.717, 1.165) is 5.56 Å². The molecule has 4 heteroatoms. The normalized spacial score (nSPS) is 11.4. The second kappa shape index (κ2) is 4.28. The van der Waals surface area contributed by atoms with Crippen molar-refractivity contribution in [1.29, 1.82) is 0 Å². The van der Waals surface area contributed by atoms with Crippen LogP contribution in [0.15, 0.2) is 17.1 Å². The van der Waals surface area contributed by atoms with Crippen LogP contribution >= 0.6 is 0 Å². The third kappa shape index (κ3) is 1.95. The molecule has 0 atom stereocenters. The van der Waals surface area contributed by atoms with Crippen LogP contribution in [0.25, 0.3) is 11.0 Å². The Balaban J connectivity index is 2.78. The minimum Gasteiger partial charge on any atom is -0.320 e. The highest BCUT2D eigenvalue weighted by atomic mass is 19.1. The van der Waals surface area contributed by atoms with Crippen LogP contribution in [0.4, 0.5) is 4.39 Å². The molecule has 0 saturated carbocycles. The number of hydrogen-bond acceptors (Lipinski definition) is 2. The second-order valence-electron chi connectivity index (χ2n) is 4.42. The lowest BCUT2D eigenvalue weighted by atomic mass is 10.0. The monoisotopic (exact) mass is 234 g/mol. The van der Waals surface area contributed by atoms with Crippen LogP contribution in [0.1, 0.15) is 37.8 Å². The Morgan fingerprint density at radius 1 is 1.47 bits per heavy atom. The molecule has 2 heterocycles. The van der Waals surface area contributed by atoms with E-state index in [0.29, 0.717) is 17.9 Å². The highest BCUT2D eigenvalue weighted by Gasteiger charge is 2.12. The van der Waals surface area contributed by atoms with Gasteiger partial charge in [-0.3, -0.25) is 9.78 Å². The van der Waals surface area contributed by atoms with Gasteiger partial charge in [-0.05, 0) is 24.0 Å². The maximum absolute atomic E-state index is 14.0. The number of halogens is 1. The molecular weight excluding hydrogens is 219 g/mol. The van der Waals surface area contributed by atoms with Crippen LogP contribution in [0.5, 0.6) is 0 Å². The van der Waals surface area contributed by atoms with Gasteiger partial charge in [0.1, 0.15) is 5.52 Å². The van der Waals surface area contributed by atoms with Gasteiger partial charge in [-0.1, -0.05) is 20.8 Å². The summed E-state index contributed by atoms with van der Waals surface area (Å²) in [5.41, 5.74) is 1.50. The van der Waals surface area contributed by atoms with Gasteiger partial charge in [0.15, 0.2) is 5.82 Å². The Hall–Kier alpha value is -1.71. The largest absolute Gasteiger partial charge is 0.320 e. The smallest absolute Gasteiger partial charge is 0.254 e. The Morgan fingerprint density at radius 2 is 2.18 bits per heavy atom. The number of aromatic nitrogens is 2. The van der Waals surface area contributed by atoms with E-state index in [9.17, 15) is 9.18 Å². The van der Waals surface area contributed by atoms with Crippen molar-refractivity contribution in [3.05, 3.63) is 39.6 Å². The first-order valence-electron chi connectivity index (χ1n) is 5.74. The Kier molecular flexibility index (Phi) is 2.96. The number of pyridine rings is 2. The van der Waals surface area contributed by atoms with E-state index in [1.165, 1.54) is 0 Å². The third-order valence-corrected chi connectivity index (χ3v) is 2.92. The summed E-state index contributed by atoms with van der Waals surface area (Å²) in [4.78, 5) is 18.4. The predicted octanol–water partition coefficient (Wildman–Crippen LogP) is 2.75. The molecule has 0 fully saturated rings. The van der Waals surface area contributed by atoms with Gasteiger partial charge >= 0.3 is 0 Å². The van der Waals surface area contributed by atoms with E-state index in [1.807, 2.05) is 13.8 Å². The van der Waals surface area contributed by atoms with Gasteiger partial charge < -0.3 is 4.98 Å². The molecule has 0 radical (unpaired) electrons. The average Bonchev–Trinajstić information content (AvgIpc) is 2.28. The SMILES string of the molecule is CCc1c(F)c2ncc(C(C)C)cc2[nH]c1=O. The quantitative estimate of drug-likeness (QED) is 0.868. The van der Waals surface area contributed by atoms with Crippen molar-refractivity contribution < 1.29 is 4.39 Å². The fourth-order valence-electron chi connectivity index (χ4n) is 1.82. The molecule has 0 aliphatic heterocycles. The molecule has 0 aromatic carbocycles. The lowest BCUT2D eigenvalue weighted by Gasteiger charge is -2.08. The van der Waals surface area contributed by atoms with Crippen molar-refractivity contribution in [2.75, 3.05) is 0 Å². The van der Waals surface area contributed by atoms with Crippen molar-refractivity contribution in [3.8, 4) is 0 Å². The van der Waals surface area contributed by atoms with Crippen LogP contribution in [0.2, 0.25) is 0 Å². The van der Waals surface area contributed by atoms with E-state index < -0.39 is 5.82 Å². The van der Waals surface area contributed by atoms with Crippen molar-refractivity contribution in [3.63, 3.8) is 0 Å². The molecule has 0 unspecified atom stereocenters. The number of nitrogens with one attached hydrogen (secondary N) is 1. The first-order chi connectivity index (χ1) is 8.04. The fourth-order valence-corrected chi connectivity index (χ4v) is 1.82. The van der Waals surface area contributed by atoms with Crippen LogP contribution in [-0.4, -0.2) is 9.97 Å². The molecule has 17 heavy (non-hydrogen) atoms.